The summed E-state index contributed by atoms with van der Waals surface area (Å²) >= 11 is 0. The Hall–Kier alpha value is -2.62. The van der Waals surface area contributed by atoms with Crippen molar-refractivity contribution in [3.05, 3.63) is 18.2 Å². The number of urea groups is 1. The molecule has 10 heteroatoms. The number of nitrogens with one attached hydrogen (secondary N) is 1. The molecular weight excluding hydrogens is 300 g/mol. The van der Waals surface area contributed by atoms with Crippen molar-refractivity contribution in [1.29, 1.82) is 0 Å². The zero-order chi connectivity index (χ0) is 15.8. The quantitative estimate of drug-likeness (QED) is 0.660. The molecule has 21 heavy (non-hydrogen) atoms. The average molecular weight is 312 g/mol. The summed E-state index contributed by atoms with van der Waals surface area (Å²) in [7, 11) is -4.20. The van der Waals surface area contributed by atoms with E-state index in [9.17, 15) is 18.0 Å². The summed E-state index contributed by atoms with van der Waals surface area (Å²) in [5.41, 5.74) is 11.2. The molecule has 1 aromatic heterocycles. The van der Waals surface area contributed by atoms with E-state index in [2.05, 4.69) is 4.98 Å². The number of anilines is 1. The number of oxazole rings is 1. The van der Waals surface area contributed by atoms with Crippen LogP contribution < -0.4 is 16.8 Å². The van der Waals surface area contributed by atoms with E-state index in [4.69, 9.17) is 15.9 Å². The second kappa shape index (κ2) is 5.05. The SMILES string of the molecule is CC(C(=O)NC(N)=O)S(=O)(=O)c1nc2ccc(N)cc2o1. The van der Waals surface area contributed by atoms with Gasteiger partial charge in [0.1, 0.15) is 10.8 Å². The van der Waals surface area contributed by atoms with Crippen LogP contribution in [0.25, 0.3) is 11.1 Å². The predicted octanol–water partition coefficient (Wildman–Crippen LogP) is -0.233. The standard InChI is InChI=1S/C11H12N4O5S/c1-5(9(16)15-10(13)17)21(18,19)11-14-7-3-2-6(12)4-8(7)20-11/h2-5H,12H2,1H3,(H3,13,15,16,17). The van der Waals surface area contributed by atoms with Gasteiger partial charge in [-0.05, 0) is 19.1 Å². The van der Waals surface area contributed by atoms with Crippen molar-refractivity contribution in [2.75, 3.05) is 5.73 Å². The fourth-order valence-electron chi connectivity index (χ4n) is 1.56. The summed E-state index contributed by atoms with van der Waals surface area (Å²) in [6, 6.07) is 3.29. The highest BCUT2D eigenvalue weighted by molar-refractivity contribution is 7.92. The Morgan fingerprint density at radius 3 is 2.67 bits per heavy atom. The van der Waals surface area contributed by atoms with Crippen LogP contribution in [0.1, 0.15) is 6.92 Å². The molecule has 3 amide bonds. The number of rotatable bonds is 3. The first-order valence-corrected chi connectivity index (χ1v) is 7.26. The topological polar surface area (TPSA) is 158 Å². The fraction of sp³-hybridized carbons (Fsp3) is 0.182. The molecule has 5 N–H and O–H groups in total. The zero-order valence-electron chi connectivity index (χ0n) is 10.9. The monoisotopic (exact) mass is 312 g/mol. The minimum atomic E-state index is -4.20. The highest BCUT2D eigenvalue weighted by Crippen LogP contribution is 2.23. The molecule has 0 aliphatic heterocycles. The lowest BCUT2D eigenvalue weighted by Gasteiger charge is -2.08. The zero-order valence-corrected chi connectivity index (χ0v) is 11.7. The van der Waals surface area contributed by atoms with Crippen molar-refractivity contribution in [1.82, 2.24) is 10.3 Å². The molecule has 2 rings (SSSR count). The largest absolute Gasteiger partial charge is 0.428 e. The molecule has 0 saturated carbocycles. The van der Waals surface area contributed by atoms with Crippen molar-refractivity contribution >= 4 is 38.6 Å². The molecule has 0 aliphatic carbocycles. The van der Waals surface area contributed by atoms with Gasteiger partial charge in [-0.15, -0.1) is 0 Å². The number of hydrogen-bond acceptors (Lipinski definition) is 7. The third-order valence-corrected chi connectivity index (χ3v) is 4.52. The number of amides is 3. The number of primary amides is 1. The third kappa shape index (κ3) is 2.79. The number of carbonyl (C=O) groups is 2. The van der Waals surface area contributed by atoms with Crippen LogP contribution in [-0.4, -0.2) is 30.6 Å². The van der Waals surface area contributed by atoms with Crippen LogP contribution in [0, 0.1) is 0 Å². The van der Waals surface area contributed by atoms with Gasteiger partial charge in [-0.2, -0.15) is 4.98 Å². The molecular formula is C11H12N4O5S. The van der Waals surface area contributed by atoms with Gasteiger partial charge in [-0.3, -0.25) is 10.1 Å². The van der Waals surface area contributed by atoms with Crippen molar-refractivity contribution in [3.63, 3.8) is 0 Å². The molecule has 2 aromatic rings. The normalized spacial score (nSPS) is 13.0. The van der Waals surface area contributed by atoms with E-state index < -0.39 is 32.2 Å². The molecule has 0 radical (unpaired) electrons. The summed E-state index contributed by atoms with van der Waals surface area (Å²) in [5.74, 6) is -1.07. The number of sulfone groups is 1. The van der Waals surface area contributed by atoms with Crippen LogP contribution in [0.3, 0.4) is 0 Å². The number of nitrogens with two attached hydrogens (primary N) is 2. The molecule has 0 fully saturated rings. The van der Waals surface area contributed by atoms with E-state index in [1.54, 1.807) is 5.32 Å². The number of nitrogens with zero attached hydrogens (tertiary/aromatic N) is 1. The Bertz CT molecular complexity index is 826. The minimum absolute atomic E-state index is 0.177. The van der Waals surface area contributed by atoms with Gasteiger partial charge in [-0.1, -0.05) is 0 Å². The Morgan fingerprint density at radius 1 is 1.38 bits per heavy atom. The number of nitrogen functional groups attached to an aromatic ring is 1. The molecule has 1 aromatic carbocycles. The van der Waals surface area contributed by atoms with Crippen molar-refractivity contribution in [2.45, 2.75) is 17.4 Å². The van der Waals surface area contributed by atoms with Gasteiger partial charge in [0.05, 0.1) is 0 Å². The van der Waals surface area contributed by atoms with Gasteiger partial charge in [0.15, 0.2) is 5.58 Å². The molecule has 0 saturated heterocycles. The Kier molecular flexibility index (Phi) is 3.56. The molecule has 1 unspecified atom stereocenters. The van der Waals surface area contributed by atoms with Gasteiger partial charge in [0.25, 0.3) is 0 Å². The second-order valence-electron chi connectivity index (χ2n) is 4.25. The summed E-state index contributed by atoms with van der Waals surface area (Å²) < 4.78 is 29.5. The number of imide groups is 1. The van der Waals surface area contributed by atoms with Crippen LogP contribution in [0.15, 0.2) is 27.8 Å². The van der Waals surface area contributed by atoms with Crippen LogP contribution >= 0.6 is 0 Å². The summed E-state index contributed by atoms with van der Waals surface area (Å²) in [5, 5.41) is -0.524. The first-order chi connectivity index (χ1) is 9.71. The smallest absolute Gasteiger partial charge is 0.318 e. The van der Waals surface area contributed by atoms with Crippen molar-refractivity contribution < 1.29 is 22.4 Å². The third-order valence-electron chi connectivity index (χ3n) is 2.72. The maximum absolute atomic E-state index is 12.2. The highest BCUT2D eigenvalue weighted by Gasteiger charge is 2.34. The van der Waals surface area contributed by atoms with E-state index >= 15 is 0 Å². The second-order valence-corrected chi connectivity index (χ2v) is 6.39. The van der Waals surface area contributed by atoms with Crippen LogP contribution in [0.5, 0.6) is 0 Å². The van der Waals surface area contributed by atoms with Gasteiger partial charge in [0.2, 0.25) is 15.7 Å². The maximum Gasteiger partial charge on any atom is 0.318 e. The van der Waals surface area contributed by atoms with Crippen LogP contribution in [0.4, 0.5) is 10.5 Å². The Morgan fingerprint density at radius 2 is 2.05 bits per heavy atom. The number of hydrogen-bond donors (Lipinski definition) is 3. The van der Waals surface area contributed by atoms with E-state index in [-0.39, 0.29) is 11.1 Å². The molecule has 1 heterocycles. The summed E-state index contributed by atoms with van der Waals surface area (Å²) in [6.07, 6.45) is 0. The van der Waals surface area contributed by atoms with E-state index in [1.165, 1.54) is 18.2 Å². The lowest BCUT2D eigenvalue weighted by molar-refractivity contribution is -0.119. The summed E-state index contributed by atoms with van der Waals surface area (Å²) in [4.78, 5) is 26.0. The van der Waals surface area contributed by atoms with Gasteiger partial charge in [0, 0.05) is 11.8 Å². The number of carbonyl (C=O) groups excluding carboxylic acids is 2. The highest BCUT2D eigenvalue weighted by atomic mass is 32.2. The van der Waals surface area contributed by atoms with E-state index in [0.29, 0.717) is 5.69 Å². The van der Waals surface area contributed by atoms with E-state index in [0.717, 1.165) is 6.92 Å². The predicted molar refractivity (Wildman–Crippen MR) is 72.8 cm³/mol. The average Bonchev–Trinajstić information content (AvgIpc) is 2.80. The maximum atomic E-state index is 12.2. The molecule has 0 aliphatic rings. The number of fused-ring (bicyclic) bond motifs is 1. The fourth-order valence-corrected chi connectivity index (χ4v) is 2.63. The number of aromatic nitrogens is 1. The van der Waals surface area contributed by atoms with Gasteiger partial charge >= 0.3 is 11.3 Å². The van der Waals surface area contributed by atoms with Crippen LogP contribution in [-0.2, 0) is 14.6 Å². The van der Waals surface area contributed by atoms with Gasteiger partial charge < -0.3 is 15.9 Å². The first-order valence-electron chi connectivity index (χ1n) is 5.72. The van der Waals surface area contributed by atoms with Crippen molar-refractivity contribution in [3.8, 4) is 0 Å². The number of benzene rings is 1. The summed E-state index contributed by atoms with van der Waals surface area (Å²) in [6.45, 7) is 1.09. The lowest BCUT2D eigenvalue weighted by Crippen LogP contribution is -2.43. The van der Waals surface area contributed by atoms with Crippen molar-refractivity contribution in [2.24, 2.45) is 5.73 Å². The molecule has 112 valence electrons. The molecule has 0 bridgehead atoms. The lowest BCUT2D eigenvalue weighted by atomic mass is 10.3. The minimum Gasteiger partial charge on any atom is -0.428 e. The van der Waals surface area contributed by atoms with Gasteiger partial charge in [-0.25, -0.2) is 13.2 Å². The van der Waals surface area contributed by atoms with E-state index in [1.807, 2.05) is 0 Å². The molecule has 0 spiro atoms. The Balaban J connectivity index is 2.41. The van der Waals surface area contributed by atoms with Crippen LogP contribution in [0.2, 0.25) is 0 Å². The Labute approximate surface area is 119 Å². The molecule has 9 nitrogen and oxygen atoms in total. The first kappa shape index (κ1) is 14.8. The molecule has 1 atom stereocenters.